The smallest absolute Gasteiger partial charge is 0.0639 e. The van der Waals surface area contributed by atoms with Gasteiger partial charge in [-0.2, -0.15) is 0 Å². The van der Waals surface area contributed by atoms with Crippen LogP contribution >= 0.6 is 0 Å². The molecule has 0 aliphatic rings. The molecule has 0 aliphatic heterocycles. The van der Waals surface area contributed by atoms with E-state index in [9.17, 15) is 0 Å². The Balaban J connectivity index is 2.08. The number of hydrogen-bond donors (Lipinski definition) is 0. The highest BCUT2D eigenvalue weighted by Crippen LogP contribution is 2.11. The van der Waals surface area contributed by atoms with Crippen molar-refractivity contribution in [2.45, 2.75) is 20.4 Å². The van der Waals surface area contributed by atoms with Crippen LogP contribution in [0.4, 0.5) is 0 Å². The summed E-state index contributed by atoms with van der Waals surface area (Å²) < 4.78 is 2.18. The van der Waals surface area contributed by atoms with Crippen molar-refractivity contribution in [2.75, 3.05) is 0 Å². The molecule has 2 rings (SSSR count). The van der Waals surface area contributed by atoms with Crippen molar-refractivity contribution in [3.63, 3.8) is 0 Å². The van der Waals surface area contributed by atoms with Gasteiger partial charge in [0.05, 0.1) is 6.54 Å². The van der Waals surface area contributed by atoms with Gasteiger partial charge in [-0.05, 0) is 25.5 Å². The number of benzene rings is 1. The van der Waals surface area contributed by atoms with Gasteiger partial charge in [0, 0.05) is 30.2 Å². The number of rotatable bonds is 3. The molecule has 0 bridgehead atoms. The first-order valence-corrected chi connectivity index (χ1v) is 5.85. The average Bonchev–Trinajstić information content (AvgIpc) is 2.59. The standard InChI is InChI=1S/C15H18N2/c1-12-9-15(13(2)17(12)3)11-16-10-14-7-5-4-6-8-14/h4-9,11H,10H2,1-3H3. The maximum Gasteiger partial charge on any atom is 0.0639 e. The Labute approximate surface area is 103 Å². The summed E-state index contributed by atoms with van der Waals surface area (Å²) in [5.74, 6) is 0. The molecule has 0 N–H and O–H groups in total. The lowest BCUT2D eigenvalue weighted by atomic mass is 10.2. The normalized spacial score (nSPS) is 11.2. The highest BCUT2D eigenvalue weighted by molar-refractivity contribution is 5.81. The summed E-state index contributed by atoms with van der Waals surface area (Å²) in [5, 5.41) is 0. The summed E-state index contributed by atoms with van der Waals surface area (Å²) in [6.07, 6.45) is 1.97. The Morgan fingerprint density at radius 2 is 1.88 bits per heavy atom. The highest BCUT2D eigenvalue weighted by atomic mass is 14.9. The van der Waals surface area contributed by atoms with Crippen molar-refractivity contribution in [2.24, 2.45) is 12.0 Å². The number of aromatic nitrogens is 1. The minimum absolute atomic E-state index is 0.744. The molecule has 0 spiro atoms. The summed E-state index contributed by atoms with van der Waals surface area (Å²) in [6.45, 7) is 4.98. The maximum atomic E-state index is 4.49. The van der Waals surface area contributed by atoms with E-state index in [0.717, 1.165) is 6.54 Å². The minimum atomic E-state index is 0.744. The first-order chi connectivity index (χ1) is 8.18. The van der Waals surface area contributed by atoms with Crippen molar-refractivity contribution < 1.29 is 0 Å². The Hall–Kier alpha value is -1.83. The second-order valence-corrected chi connectivity index (χ2v) is 4.34. The molecule has 0 unspecified atom stereocenters. The van der Waals surface area contributed by atoms with Gasteiger partial charge in [0.1, 0.15) is 0 Å². The monoisotopic (exact) mass is 226 g/mol. The third kappa shape index (κ3) is 2.64. The van der Waals surface area contributed by atoms with E-state index in [4.69, 9.17) is 0 Å². The molecule has 0 atom stereocenters. The van der Waals surface area contributed by atoms with E-state index in [1.54, 1.807) is 0 Å². The molecule has 17 heavy (non-hydrogen) atoms. The zero-order valence-corrected chi connectivity index (χ0v) is 10.6. The first kappa shape index (κ1) is 11.6. The molecule has 0 fully saturated rings. The van der Waals surface area contributed by atoms with Crippen LogP contribution < -0.4 is 0 Å². The number of nitrogens with zero attached hydrogens (tertiary/aromatic N) is 2. The van der Waals surface area contributed by atoms with E-state index >= 15 is 0 Å². The van der Waals surface area contributed by atoms with Gasteiger partial charge >= 0.3 is 0 Å². The number of hydrogen-bond acceptors (Lipinski definition) is 1. The van der Waals surface area contributed by atoms with Crippen LogP contribution in [-0.4, -0.2) is 10.8 Å². The van der Waals surface area contributed by atoms with Crippen LogP contribution in [0.15, 0.2) is 41.4 Å². The average molecular weight is 226 g/mol. The lowest BCUT2D eigenvalue weighted by Gasteiger charge is -1.99. The fourth-order valence-electron chi connectivity index (χ4n) is 1.85. The van der Waals surface area contributed by atoms with E-state index in [1.165, 1.54) is 22.5 Å². The summed E-state index contributed by atoms with van der Waals surface area (Å²) in [5.41, 5.74) is 4.98. The van der Waals surface area contributed by atoms with Gasteiger partial charge in [-0.25, -0.2) is 0 Å². The molecule has 0 saturated heterocycles. The first-order valence-electron chi connectivity index (χ1n) is 5.85. The Kier molecular flexibility index (Phi) is 3.43. The topological polar surface area (TPSA) is 17.3 Å². The van der Waals surface area contributed by atoms with Crippen molar-refractivity contribution in [3.8, 4) is 0 Å². The van der Waals surface area contributed by atoms with Crippen molar-refractivity contribution in [3.05, 3.63) is 58.9 Å². The minimum Gasteiger partial charge on any atom is -0.352 e. The molecule has 1 aromatic carbocycles. The van der Waals surface area contributed by atoms with Gasteiger partial charge in [0.25, 0.3) is 0 Å². The van der Waals surface area contributed by atoms with Gasteiger partial charge in [0.15, 0.2) is 0 Å². The van der Waals surface area contributed by atoms with Gasteiger partial charge in [0.2, 0.25) is 0 Å². The Morgan fingerprint density at radius 1 is 1.18 bits per heavy atom. The molecule has 2 nitrogen and oxygen atoms in total. The van der Waals surface area contributed by atoms with E-state index in [2.05, 4.69) is 48.7 Å². The molecule has 2 heteroatoms. The molecule has 1 heterocycles. The molecular formula is C15H18N2. The van der Waals surface area contributed by atoms with Gasteiger partial charge in [-0.15, -0.1) is 0 Å². The molecular weight excluding hydrogens is 208 g/mol. The van der Waals surface area contributed by atoms with Crippen LogP contribution in [0.2, 0.25) is 0 Å². The predicted molar refractivity (Wildman–Crippen MR) is 72.6 cm³/mol. The molecule has 0 aliphatic carbocycles. The quantitative estimate of drug-likeness (QED) is 0.715. The summed E-state index contributed by atoms with van der Waals surface area (Å²) >= 11 is 0. The van der Waals surface area contributed by atoms with Crippen LogP contribution in [0.25, 0.3) is 0 Å². The summed E-state index contributed by atoms with van der Waals surface area (Å²) in [6, 6.07) is 12.5. The largest absolute Gasteiger partial charge is 0.352 e. The van der Waals surface area contributed by atoms with E-state index in [1.807, 2.05) is 24.4 Å². The zero-order chi connectivity index (χ0) is 12.3. The molecule has 88 valence electrons. The van der Waals surface area contributed by atoms with Crippen molar-refractivity contribution in [1.29, 1.82) is 0 Å². The molecule has 1 aromatic heterocycles. The third-order valence-corrected chi connectivity index (χ3v) is 3.16. The number of aliphatic imine (C=N–C) groups is 1. The van der Waals surface area contributed by atoms with Crippen LogP contribution in [0.5, 0.6) is 0 Å². The van der Waals surface area contributed by atoms with Gasteiger partial charge < -0.3 is 4.57 Å². The lowest BCUT2D eigenvalue weighted by Crippen LogP contribution is -1.94. The second-order valence-electron chi connectivity index (χ2n) is 4.34. The third-order valence-electron chi connectivity index (χ3n) is 3.16. The SMILES string of the molecule is Cc1cc(C=NCc2ccccc2)c(C)n1C. The van der Waals surface area contributed by atoms with E-state index < -0.39 is 0 Å². The maximum absolute atomic E-state index is 4.49. The van der Waals surface area contributed by atoms with E-state index in [0.29, 0.717) is 0 Å². The summed E-state index contributed by atoms with van der Waals surface area (Å²) in [4.78, 5) is 4.49. The summed E-state index contributed by atoms with van der Waals surface area (Å²) in [7, 11) is 2.08. The van der Waals surface area contributed by atoms with Crippen LogP contribution in [-0.2, 0) is 13.6 Å². The molecule has 0 saturated carbocycles. The Morgan fingerprint density at radius 3 is 2.47 bits per heavy atom. The van der Waals surface area contributed by atoms with Crippen LogP contribution in [0.3, 0.4) is 0 Å². The van der Waals surface area contributed by atoms with E-state index in [-0.39, 0.29) is 0 Å². The number of aryl methyl sites for hydroxylation is 1. The van der Waals surface area contributed by atoms with Crippen molar-refractivity contribution in [1.82, 2.24) is 4.57 Å². The fourth-order valence-corrected chi connectivity index (χ4v) is 1.85. The molecule has 0 radical (unpaired) electrons. The fraction of sp³-hybridized carbons (Fsp3) is 0.267. The van der Waals surface area contributed by atoms with Crippen LogP contribution in [0, 0.1) is 13.8 Å². The van der Waals surface area contributed by atoms with Crippen LogP contribution in [0.1, 0.15) is 22.5 Å². The molecule has 2 aromatic rings. The van der Waals surface area contributed by atoms with Gasteiger partial charge in [-0.1, -0.05) is 30.3 Å². The Bertz CT molecular complexity index is 521. The van der Waals surface area contributed by atoms with Crippen molar-refractivity contribution >= 4 is 6.21 Å². The molecule has 0 amide bonds. The second kappa shape index (κ2) is 5.00. The van der Waals surface area contributed by atoms with Gasteiger partial charge in [-0.3, -0.25) is 4.99 Å². The highest BCUT2D eigenvalue weighted by Gasteiger charge is 2.02. The zero-order valence-electron chi connectivity index (χ0n) is 10.6. The lowest BCUT2D eigenvalue weighted by molar-refractivity contribution is 0.843. The predicted octanol–water partition coefficient (Wildman–Crippen LogP) is 3.26.